The van der Waals surface area contributed by atoms with Gasteiger partial charge in [-0.2, -0.15) is 0 Å². The fraction of sp³-hybridized carbons (Fsp3) is 0.897. The summed E-state index contributed by atoms with van der Waals surface area (Å²) in [6, 6.07) is 0. The Morgan fingerprint density at radius 2 is 0.486 bits per heavy atom. The van der Waals surface area contributed by atoms with Gasteiger partial charge in [-0.05, 0) is 51.4 Å². The van der Waals surface area contributed by atoms with Gasteiger partial charge in [0.05, 0.1) is 0 Å². The highest BCUT2D eigenvalue weighted by Crippen LogP contribution is 2.18. The fourth-order valence-electron chi connectivity index (χ4n) is 10.2. The van der Waals surface area contributed by atoms with Gasteiger partial charge in [-0.3, -0.25) is 14.4 Å². The van der Waals surface area contributed by atoms with Crippen LogP contribution in [0.15, 0.2) is 24.3 Å². The van der Waals surface area contributed by atoms with Gasteiger partial charge in [0.2, 0.25) is 0 Å². The lowest BCUT2D eigenvalue weighted by Gasteiger charge is -2.18. The van der Waals surface area contributed by atoms with Crippen molar-refractivity contribution in [3.8, 4) is 0 Å². The molecule has 0 aromatic heterocycles. The number of ether oxygens (including phenoxy) is 3. The van der Waals surface area contributed by atoms with Crippen LogP contribution in [0, 0.1) is 0 Å². The molecule has 0 amide bonds. The van der Waals surface area contributed by atoms with Crippen LogP contribution in [0.1, 0.15) is 374 Å². The van der Waals surface area contributed by atoms with E-state index in [1.807, 2.05) is 0 Å². The Balaban J connectivity index is 4.27. The van der Waals surface area contributed by atoms with Crippen molar-refractivity contribution in [2.45, 2.75) is 380 Å². The van der Waals surface area contributed by atoms with Crippen molar-refractivity contribution < 1.29 is 28.6 Å². The van der Waals surface area contributed by atoms with Crippen molar-refractivity contribution in [3.05, 3.63) is 24.3 Å². The van der Waals surface area contributed by atoms with Gasteiger partial charge < -0.3 is 14.2 Å². The molecule has 0 bridgehead atoms. The summed E-state index contributed by atoms with van der Waals surface area (Å²) < 4.78 is 17.0. The summed E-state index contributed by atoms with van der Waals surface area (Å²) in [6.45, 7) is 6.69. The van der Waals surface area contributed by atoms with Gasteiger partial charge in [0, 0.05) is 19.3 Å². The largest absolute Gasteiger partial charge is 0.462 e. The maximum Gasteiger partial charge on any atom is 0.306 e. The van der Waals surface area contributed by atoms with E-state index in [2.05, 4.69) is 45.1 Å². The number of allylic oxidation sites excluding steroid dienone is 4. The standard InChI is InChI=1S/C68H128O6/c1-4-7-10-13-16-19-22-25-28-30-32-33-34-35-36-38-40-43-46-49-52-55-58-61-67(70)73-64-65(63-72-66(69)60-57-54-51-48-45-42-39-27-24-21-18-15-12-9-6-3)74-68(71)62-59-56-53-50-47-44-41-37-31-29-26-23-20-17-14-11-8-5-2/h20,23,29,31,65H,4-19,21-22,24-28,30,32-64H2,1-3H3/b23-20-,31-29-. The Hall–Kier alpha value is -2.11. The van der Waals surface area contributed by atoms with Crippen molar-refractivity contribution in [1.29, 1.82) is 0 Å². The molecule has 0 aromatic carbocycles. The fourth-order valence-corrected chi connectivity index (χ4v) is 10.2. The molecular formula is C68H128O6. The molecule has 0 aliphatic rings. The maximum absolute atomic E-state index is 12.9. The number of hydrogen-bond donors (Lipinski definition) is 0. The third-order valence-electron chi connectivity index (χ3n) is 15.2. The Labute approximate surface area is 462 Å². The third-order valence-corrected chi connectivity index (χ3v) is 15.2. The quantitative estimate of drug-likeness (QED) is 0.0261. The summed E-state index contributed by atoms with van der Waals surface area (Å²) in [6.07, 6.45) is 76.2. The lowest BCUT2D eigenvalue weighted by Crippen LogP contribution is -2.30. The first-order valence-electron chi connectivity index (χ1n) is 33.3. The molecule has 0 aromatic rings. The van der Waals surface area contributed by atoms with Gasteiger partial charge in [0.25, 0.3) is 0 Å². The molecule has 0 heterocycles. The van der Waals surface area contributed by atoms with Crippen molar-refractivity contribution in [1.82, 2.24) is 0 Å². The van der Waals surface area contributed by atoms with E-state index in [9.17, 15) is 14.4 Å². The molecule has 436 valence electrons. The molecule has 0 aliphatic carbocycles. The molecule has 0 fully saturated rings. The number of unbranched alkanes of at least 4 members (excludes halogenated alkanes) is 47. The monoisotopic (exact) mass is 1040 g/mol. The van der Waals surface area contributed by atoms with Crippen molar-refractivity contribution in [2.24, 2.45) is 0 Å². The Kier molecular flexibility index (Phi) is 61.6. The normalized spacial score (nSPS) is 12.1. The summed E-state index contributed by atoms with van der Waals surface area (Å²) in [7, 11) is 0. The van der Waals surface area contributed by atoms with E-state index in [1.54, 1.807) is 0 Å². The summed E-state index contributed by atoms with van der Waals surface area (Å²) in [5.74, 6) is -0.846. The number of hydrogen-bond acceptors (Lipinski definition) is 6. The zero-order valence-electron chi connectivity index (χ0n) is 50.1. The Morgan fingerprint density at radius 3 is 0.757 bits per heavy atom. The van der Waals surface area contributed by atoms with Gasteiger partial charge >= 0.3 is 17.9 Å². The first kappa shape index (κ1) is 71.9. The highest BCUT2D eigenvalue weighted by atomic mass is 16.6. The minimum absolute atomic E-state index is 0.0683. The summed E-state index contributed by atoms with van der Waals surface area (Å²) in [4.78, 5) is 38.4. The predicted molar refractivity (Wildman–Crippen MR) is 321 cm³/mol. The maximum atomic E-state index is 12.9. The molecule has 1 atom stereocenters. The Morgan fingerprint density at radius 1 is 0.270 bits per heavy atom. The van der Waals surface area contributed by atoms with E-state index < -0.39 is 6.10 Å². The molecule has 74 heavy (non-hydrogen) atoms. The number of carbonyl (C=O) groups is 3. The van der Waals surface area contributed by atoms with Crippen LogP contribution < -0.4 is 0 Å². The summed E-state index contributed by atoms with van der Waals surface area (Å²) in [5.41, 5.74) is 0. The molecule has 0 saturated carbocycles. The molecule has 0 rings (SSSR count). The smallest absolute Gasteiger partial charge is 0.306 e. The van der Waals surface area contributed by atoms with E-state index in [-0.39, 0.29) is 31.1 Å². The molecule has 0 radical (unpaired) electrons. The van der Waals surface area contributed by atoms with Gasteiger partial charge in [-0.25, -0.2) is 0 Å². The van der Waals surface area contributed by atoms with Crippen LogP contribution in [0.3, 0.4) is 0 Å². The Bertz CT molecular complexity index is 1190. The van der Waals surface area contributed by atoms with E-state index in [4.69, 9.17) is 14.2 Å². The molecular weight excluding hydrogens is 913 g/mol. The van der Waals surface area contributed by atoms with Gasteiger partial charge in [-0.1, -0.05) is 328 Å². The average molecular weight is 1040 g/mol. The van der Waals surface area contributed by atoms with Crippen LogP contribution >= 0.6 is 0 Å². The SMILES string of the molecule is CCCCCC/C=C\C/C=C\CCCCCCCCCC(=O)OC(COC(=O)CCCCCCCCCCCCCCCCC)COC(=O)CCCCCCCCCCCCCCCCCCCCCCCCC. The van der Waals surface area contributed by atoms with Gasteiger partial charge in [-0.15, -0.1) is 0 Å². The van der Waals surface area contributed by atoms with E-state index in [0.717, 1.165) is 70.6 Å². The summed E-state index contributed by atoms with van der Waals surface area (Å²) >= 11 is 0. The first-order chi connectivity index (χ1) is 36.5. The van der Waals surface area contributed by atoms with Crippen LogP contribution in [-0.2, 0) is 28.6 Å². The molecule has 0 saturated heterocycles. The molecule has 6 heteroatoms. The van der Waals surface area contributed by atoms with E-state index in [1.165, 1.54) is 263 Å². The topological polar surface area (TPSA) is 78.9 Å². The minimum atomic E-state index is -0.772. The van der Waals surface area contributed by atoms with Crippen LogP contribution in [0.25, 0.3) is 0 Å². The van der Waals surface area contributed by atoms with Crippen molar-refractivity contribution in [3.63, 3.8) is 0 Å². The second-order valence-electron chi connectivity index (χ2n) is 22.7. The van der Waals surface area contributed by atoms with Crippen molar-refractivity contribution in [2.75, 3.05) is 13.2 Å². The molecule has 1 unspecified atom stereocenters. The minimum Gasteiger partial charge on any atom is -0.462 e. The number of carbonyl (C=O) groups excluding carboxylic acids is 3. The lowest BCUT2D eigenvalue weighted by atomic mass is 10.0. The second kappa shape index (κ2) is 63.4. The molecule has 0 N–H and O–H groups in total. The predicted octanol–water partition coefficient (Wildman–Crippen LogP) is 22.6. The number of esters is 3. The third kappa shape index (κ3) is 60.8. The van der Waals surface area contributed by atoms with Crippen molar-refractivity contribution >= 4 is 17.9 Å². The lowest BCUT2D eigenvalue weighted by molar-refractivity contribution is -0.167. The second-order valence-corrected chi connectivity index (χ2v) is 22.7. The molecule has 0 spiro atoms. The zero-order valence-corrected chi connectivity index (χ0v) is 50.1. The van der Waals surface area contributed by atoms with E-state index >= 15 is 0 Å². The van der Waals surface area contributed by atoms with Crippen LogP contribution in [-0.4, -0.2) is 37.2 Å². The van der Waals surface area contributed by atoms with E-state index in [0.29, 0.717) is 19.3 Å². The number of rotatable bonds is 62. The average Bonchev–Trinajstić information content (AvgIpc) is 3.40. The first-order valence-corrected chi connectivity index (χ1v) is 33.3. The zero-order chi connectivity index (χ0) is 53.6. The van der Waals surface area contributed by atoms with Gasteiger partial charge in [0.1, 0.15) is 13.2 Å². The molecule has 0 aliphatic heterocycles. The highest BCUT2D eigenvalue weighted by molar-refractivity contribution is 5.71. The van der Waals surface area contributed by atoms with Crippen LogP contribution in [0.5, 0.6) is 0 Å². The van der Waals surface area contributed by atoms with Crippen LogP contribution in [0.4, 0.5) is 0 Å². The highest BCUT2D eigenvalue weighted by Gasteiger charge is 2.19. The summed E-state index contributed by atoms with van der Waals surface area (Å²) in [5, 5.41) is 0. The van der Waals surface area contributed by atoms with Gasteiger partial charge in [0.15, 0.2) is 6.10 Å². The van der Waals surface area contributed by atoms with Crippen LogP contribution in [0.2, 0.25) is 0 Å². The molecule has 6 nitrogen and oxygen atoms in total.